The second-order valence-corrected chi connectivity index (χ2v) is 5.08. The standard InChI is InChI=1S/C16H22N2O4/c1-3-22-16(20)13-6-4-5-7-14(13)17-15(19)12(2)18-8-10-21-11-9-18/h4-7,12H,3,8-11H2,1-2H3,(H,17,19). The number of rotatable bonds is 5. The fraction of sp³-hybridized carbons (Fsp3) is 0.500. The van der Waals surface area contributed by atoms with Crippen molar-refractivity contribution in [3.63, 3.8) is 0 Å². The zero-order chi connectivity index (χ0) is 15.9. The molecule has 22 heavy (non-hydrogen) atoms. The van der Waals surface area contributed by atoms with Gasteiger partial charge in [-0.15, -0.1) is 0 Å². The molecule has 1 aromatic carbocycles. The summed E-state index contributed by atoms with van der Waals surface area (Å²) in [6.07, 6.45) is 0. The minimum absolute atomic E-state index is 0.140. The van der Waals surface area contributed by atoms with Crippen LogP contribution in [-0.2, 0) is 14.3 Å². The third-order valence-electron chi connectivity index (χ3n) is 3.65. The van der Waals surface area contributed by atoms with Gasteiger partial charge < -0.3 is 14.8 Å². The third-order valence-corrected chi connectivity index (χ3v) is 3.65. The monoisotopic (exact) mass is 306 g/mol. The third kappa shape index (κ3) is 4.05. The average molecular weight is 306 g/mol. The smallest absolute Gasteiger partial charge is 0.340 e. The molecule has 0 aliphatic carbocycles. The van der Waals surface area contributed by atoms with Crippen LogP contribution in [0, 0.1) is 0 Å². The van der Waals surface area contributed by atoms with Gasteiger partial charge in [-0.25, -0.2) is 4.79 Å². The lowest BCUT2D eigenvalue weighted by molar-refractivity contribution is -0.122. The normalized spacial score (nSPS) is 16.8. The van der Waals surface area contributed by atoms with E-state index in [0.717, 1.165) is 13.1 Å². The van der Waals surface area contributed by atoms with Crippen LogP contribution in [0.3, 0.4) is 0 Å². The summed E-state index contributed by atoms with van der Waals surface area (Å²) in [5, 5.41) is 2.82. The number of esters is 1. The van der Waals surface area contributed by atoms with E-state index in [0.29, 0.717) is 31.1 Å². The topological polar surface area (TPSA) is 67.9 Å². The summed E-state index contributed by atoms with van der Waals surface area (Å²) in [7, 11) is 0. The number of morpholine rings is 1. The number of nitrogens with one attached hydrogen (secondary N) is 1. The zero-order valence-electron chi connectivity index (χ0n) is 13.0. The highest BCUT2D eigenvalue weighted by Crippen LogP contribution is 2.17. The molecule has 0 radical (unpaired) electrons. The van der Waals surface area contributed by atoms with Gasteiger partial charge in [-0.2, -0.15) is 0 Å². The number of carbonyl (C=O) groups excluding carboxylic acids is 2. The summed E-state index contributed by atoms with van der Waals surface area (Å²) >= 11 is 0. The summed E-state index contributed by atoms with van der Waals surface area (Å²) in [4.78, 5) is 26.4. The Morgan fingerprint density at radius 3 is 2.68 bits per heavy atom. The zero-order valence-corrected chi connectivity index (χ0v) is 13.0. The van der Waals surface area contributed by atoms with E-state index < -0.39 is 5.97 Å². The number of hydrogen-bond donors (Lipinski definition) is 1. The van der Waals surface area contributed by atoms with E-state index in [9.17, 15) is 9.59 Å². The highest BCUT2D eigenvalue weighted by molar-refractivity contribution is 6.02. The van der Waals surface area contributed by atoms with Gasteiger partial charge in [0, 0.05) is 13.1 Å². The Labute approximate surface area is 130 Å². The van der Waals surface area contributed by atoms with Crippen LogP contribution in [0.2, 0.25) is 0 Å². The Kier molecular flexibility index (Phi) is 5.91. The lowest BCUT2D eigenvalue weighted by Gasteiger charge is -2.31. The Morgan fingerprint density at radius 2 is 2.00 bits per heavy atom. The molecule has 120 valence electrons. The predicted molar refractivity (Wildman–Crippen MR) is 82.9 cm³/mol. The Bertz CT molecular complexity index is 527. The van der Waals surface area contributed by atoms with Crippen molar-refractivity contribution in [2.24, 2.45) is 0 Å². The molecule has 0 aromatic heterocycles. The van der Waals surface area contributed by atoms with Crippen LogP contribution in [0.5, 0.6) is 0 Å². The number of anilines is 1. The van der Waals surface area contributed by atoms with Gasteiger partial charge in [0.1, 0.15) is 0 Å². The summed E-state index contributed by atoms with van der Waals surface area (Å²) in [6.45, 7) is 6.63. The molecule has 1 N–H and O–H groups in total. The van der Waals surface area contributed by atoms with Gasteiger partial charge in [0.15, 0.2) is 0 Å². The number of nitrogens with zero attached hydrogens (tertiary/aromatic N) is 1. The number of amides is 1. The number of carbonyl (C=O) groups is 2. The van der Waals surface area contributed by atoms with Crippen LogP contribution in [0.1, 0.15) is 24.2 Å². The van der Waals surface area contributed by atoms with Gasteiger partial charge in [0.25, 0.3) is 0 Å². The van der Waals surface area contributed by atoms with Crippen molar-refractivity contribution in [2.75, 3.05) is 38.2 Å². The molecule has 0 spiro atoms. The highest BCUT2D eigenvalue weighted by atomic mass is 16.5. The Morgan fingerprint density at radius 1 is 1.32 bits per heavy atom. The van der Waals surface area contributed by atoms with E-state index in [1.807, 2.05) is 6.92 Å². The fourth-order valence-corrected chi connectivity index (χ4v) is 2.35. The van der Waals surface area contributed by atoms with Crippen LogP contribution in [0.25, 0.3) is 0 Å². The van der Waals surface area contributed by atoms with E-state index in [1.165, 1.54) is 0 Å². The molecule has 1 saturated heterocycles. The molecular formula is C16H22N2O4. The van der Waals surface area contributed by atoms with E-state index >= 15 is 0 Å². The van der Waals surface area contributed by atoms with Crippen molar-refractivity contribution in [3.05, 3.63) is 29.8 Å². The molecule has 0 bridgehead atoms. The van der Waals surface area contributed by atoms with Crippen molar-refractivity contribution >= 4 is 17.6 Å². The minimum Gasteiger partial charge on any atom is -0.462 e. The summed E-state index contributed by atoms with van der Waals surface area (Å²) in [6, 6.07) is 6.59. The van der Waals surface area contributed by atoms with Crippen molar-refractivity contribution in [1.29, 1.82) is 0 Å². The maximum Gasteiger partial charge on any atom is 0.340 e. The SMILES string of the molecule is CCOC(=O)c1ccccc1NC(=O)C(C)N1CCOCC1. The molecule has 6 nitrogen and oxygen atoms in total. The molecule has 1 fully saturated rings. The van der Waals surface area contributed by atoms with Gasteiger partial charge in [-0.05, 0) is 26.0 Å². The average Bonchev–Trinajstić information content (AvgIpc) is 2.55. The van der Waals surface area contributed by atoms with Crippen LogP contribution in [0.4, 0.5) is 5.69 Å². The molecule has 1 aromatic rings. The van der Waals surface area contributed by atoms with E-state index in [2.05, 4.69) is 10.2 Å². The lowest BCUT2D eigenvalue weighted by atomic mass is 10.1. The molecule has 1 aliphatic heterocycles. The molecular weight excluding hydrogens is 284 g/mol. The second kappa shape index (κ2) is 7.91. The summed E-state index contributed by atoms with van der Waals surface area (Å²) in [5.41, 5.74) is 0.845. The van der Waals surface area contributed by atoms with E-state index in [1.54, 1.807) is 31.2 Å². The molecule has 6 heteroatoms. The summed E-state index contributed by atoms with van der Waals surface area (Å²) < 4.78 is 10.3. The maximum absolute atomic E-state index is 12.4. The van der Waals surface area contributed by atoms with E-state index in [4.69, 9.17) is 9.47 Å². The minimum atomic E-state index is -0.433. The van der Waals surface area contributed by atoms with Gasteiger partial charge in [0.05, 0.1) is 37.1 Å². The molecule has 1 aliphatic rings. The number of para-hydroxylation sites is 1. The molecule has 1 unspecified atom stereocenters. The fourth-order valence-electron chi connectivity index (χ4n) is 2.35. The lowest BCUT2D eigenvalue weighted by Crippen LogP contribution is -2.47. The first-order valence-electron chi connectivity index (χ1n) is 7.52. The van der Waals surface area contributed by atoms with Crippen molar-refractivity contribution < 1.29 is 19.1 Å². The van der Waals surface area contributed by atoms with Gasteiger partial charge in [0.2, 0.25) is 5.91 Å². The predicted octanol–water partition coefficient (Wildman–Crippen LogP) is 1.52. The molecule has 0 saturated carbocycles. The van der Waals surface area contributed by atoms with E-state index in [-0.39, 0.29) is 11.9 Å². The summed E-state index contributed by atoms with van der Waals surface area (Å²) in [5.74, 6) is -0.573. The quantitative estimate of drug-likeness (QED) is 0.836. The maximum atomic E-state index is 12.4. The van der Waals surface area contributed by atoms with Crippen LogP contribution in [-0.4, -0.2) is 55.7 Å². The Balaban J connectivity index is 2.06. The molecule has 1 atom stereocenters. The Hall–Kier alpha value is -1.92. The highest BCUT2D eigenvalue weighted by Gasteiger charge is 2.24. The first-order valence-corrected chi connectivity index (χ1v) is 7.52. The number of benzene rings is 1. The first-order chi connectivity index (χ1) is 10.6. The number of hydrogen-bond acceptors (Lipinski definition) is 5. The van der Waals surface area contributed by atoms with Crippen molar-refractivity contribution in [2.45, 2.75) is 19.9 Å². The molecule has 1 heterocycles. The van der Waals surface area contributed by atoms with Crippen molar-refractivity contribution in [3.8, 4) is 0 Å². The van der Waals surface area contributed by atoms with Crippen molar-refractivity contribution in [1.82, 2.24) is 4.90 Å². The van der Waals surface area contributed by atoms with Crippen LogP contribution < -0.4 is 5.32 Å². The van der Waals surface area contributed by atoms with Crippen LogP contribution in [0.15, 0.2) is 24.3 Å². The molecule has 1 amide bonds. The van der Waals surface area contributed by atoms with Gasteiger partial charge in [-0.3, -0.25) is 9.69 Å². The first kappa shape index (κ1) is 16.5. The second-order valence-electron chi connectivity index (χ2n) is 5.08. The molecule has 2 rings (SSSR count). The number of ether oxygens (including phenoxy) is 2. The largest absolute Gasteiger partial charge is 0.462 e. The van der Waals surface area contributed by atoms with Gasteiger partial charge in [-0.1, -0.05) is 12.1 Å². The van der Waals surface area contributed by atoms with Crippen LogP contribution >= 0.6 is 0 Å². The van der Waals surface area contributed by atoms with Gasteiger partial charge >= 0.3 is 5.97 Å².